The second-order valence-corrected chi connectivity index (χ2v) is 5.54. The quantitative estimate of drug-likeness (QED) is 0.573. The van der Waals surface area contributed by atoms with E-state index in [1.54, 1.807) is 6.92 Å². The van der Waals surface area contributed by atoms with Crippen molar-refractivity contribution >= 4 is 5.91 Å². The molecule has 0 bridgehead atoms. The Balaban J connectivity index is 4.22. The number of hydrogen-bond donors (Lipinski definition) is 3. The zero-order valence-electron chi connectivity index (χ0n) is 11.7. The maximum atomic E-state index is 11.8. The van der Waals surface area contributed by atoms with Crippen LogP contribution in [0.3, 0.4) is 0 Å². The summed E-state index contributed by atoms with van der Waals surface area (Å²) in [5.74, 6) is -0.0644. The van der Waals surface area contributed by atoms with Gasteiger partial charge in [0, 0.05) is 19.6 Å². The van der Waals surface area contributed by atoms with Crippen molar-refractivity contribution in [3.63, 3.8) is 0 Å². The second kappa shape index (κ2) is 6.93. The third kappa shape index (κ3) is 6.61. The fraction of sp³-hybridized carbons (Fsp3) is 0.917. The van der Waals surface area contributed by atoms with Crippen LogP contribution in [0.2, 0.25) is 0 Å². The average Bonchev–Trinajstić information content (AvgIpc) is 2.13. The lowest BCUT2D eigenvalue weighted by atomic mass is 9.95. The van der Waals surface area contributed by atoms with E-state index in [1.807, 2.05) is 32.8 Å². The summed E-state index contributed by atoms with van der Waals surface area (Å²) >= 11 is 0. The summed E-state index contributed by atoms with van der Waals surface area (Å²) in [6.45, 7) is 6.72. The lowest BCUT2D eigenvalue weighted by Crippen LogP contribution is -2.49. The largest absolute Gasteiger partial charge is 0.387 e. The SMILES string of the molecule is CC(C)C(CN)C(=O)NCC(C)(O)CN(C)C. The molecule has 0 aromatic rings. The highest BCUT2D eigenvalue weighted by molar-refractivity contribution is 5.79. The van der Waals surface area contributed by atoms with Crippen LogP contribution in [0.5, 0.6) is 0 Å². The number of carbonyl (C=O) groups is 1. The molecule has 102 valence electrons. The van der Waals surface area contributed by atoms with Crippen molar-refractivity contribution < 1.29 is 9.90 Å². The molecule has 0 aromatic carbocycles. The Morgan fingerprint density at radius 1 is 1.47 bits per heavy atom. The molecule has 0 aliphatic rings. The molecule has 5 heteroatoms. The van der Waals surface area contributed by atoms with Gasteiger partial charge in [-0.25, -0.2) is 0 Å². The Bertz CT molecular complexity index is 240. The van der Waals surface area contributed by atoms with Gasteiger partial charge in [0.1, 0.15) is 0 Å². The van der Waals surface area contributed by atoms with E-state index in [-0.39, 0.29) is 24.3 Å². The predicted molar refractivity (Wildman–Crippen MR) is 69.6 cm³/mol. The number of likely N-dealkylation sites (N-methyl/N-ethyl adjacent to an activating group) is 1. The fourth-order valence-electron chi connectivity index (χ4n) is 1.83. The number of aliphatic hydroxyl groups is 1. The van der Waals surface area contributed by atoms with Crippen LogP contribution in [0.1, 0.15) is 20.8 Å². The number of hydrogen-bond acceptors (Lipinski definition) is 4. The Kier molecular flexibility index (Phi) is 6.67. The van der Waals surface area contributed by atoms with Gasteiger partial charge >= 0.3 is 0 Å². The standard InChI is InChI=1S/C12H27N3O2/c1-9(2)10(6-13)11(16)14-7-12(3,17)8-15(4)5/h9-10,17H,6-8,13H2,1-5H3,(H,14,16). The average molecular weight is 245 g/mol. The monoisotopic (exact) mass is 245 g/mol. The van der Waals surface area contributed by atoms with E-state index in [2.05, 4.69) is 5.32 Å². The molecule has 17 heavy (non-hydrogen) atoms. The van der Waals surface area contributed by atoms with Crippen LogP contribution in [0.25, 0.3) is 0 Å². The predicted octanol–water partition coefficient (Wildman–Crippen LogP) is -0.354. The van der Waals surface area contributed by atoms with Gasteiger partial charge in [0.15, 0.2) is 0 Å². The van der Waals surface area contributed by atoms with E-state index in [0.717, 1.165) is 0 Å². The van der Waals surface area contributed by atoms with E-state index in [0.29, 0.717) is 13.1 Å². The zero-order chi connectivity index (χ0) is 13.6. The van der Waals surface area contributed by atoms with Gasteiger partial charge in [0.25, 0.3) is 0 Å². The van der Waals surface area contributed by atoms with Gasteiger partial charge in [-0.15, -0.1) is 0 Å². The van der Waals surface area contributed by atoms with E-state index in [4.69, 9.17) is 5.73 Å². The van der Waals surface area contributed by atoms with Crippen LogP contribution in [0, 0.1) is 11.8 Å². The second-order valence-electron chi connectivity index (χ2n) is 5.54. The van der Waals surface area contributed by atoms with Crippen LogP contribution in [0.15, 0.2) is 0 Å². The van der Waals surface area contributed by atoms with Gasteiger partial charge in [-0.05, 0) is 26.9 Å². The smallest absolute Gasteiger partial charge is 0.224 e. The van der Waals surface area contributed by atoms with Gasteiger partial charge in [-0.2, -0.15) is 0 Å². The first-order chi connectivity index (χ1) is 7.69. The highest BCUT2D eigenvalue weighted by atomic mass is 16.3. The fourth-order valence-corrected chi connectivity index (χ4v) is 1.83. The van der Waals surface area contributed by atoms with Crippen LogP contribution < -0.4 is 11.1 Å². The summed E-state index contributed by atoms with van der Waals surface area (Å²) in [5, 5.41) is 12.8. The Labute approximate surface area is 104 Å². The zero-order valence-corrected chi connectivity index (χ0v) is 11.7. The number of nitrogens with zero attached hydrogens (tertiary/aromatic N) is 1. The van der Waals surface area contributed by atoms with Crippen molar-refractivity contribution in [3.8, 4) is 0 Å². The Morgan fingerprint density at radius 3 is 2.35 bits per heavy atom. The molecule has 2 atom stereocenters. The summed E-state index contributed by atoms with van der Waals surface area (Å²) in [7, 11) is 3.76. The van der Waals surface area contributed by atoms with E-state index in [1.165, 1.54) is 0 Å². The number of nitrogens with one attached hydrogen (secondary N) is 1. The number of amides is 1. The molecule has 5 nitrogen and oxygen atoms in total. The third-order valence-electron chi connectivity index (χ3n) is 2.70. The topological polar surface area (TPSA) is 78.6 Å². The minimum atomic E-state index is -0.921. The maximum Gasteiger partial charge on any atom is 0.224 e. The highest BCUT2D eigenvalue weighted by Gasteiger charge is 2.25. The minimum Gasteiger partial charge on any atom is -0.387 e. The summed E-state index contributed by atoms with van der Waals surface area (Å²) in [5.41, 5.74) is 4.64. The molecule has 0 aliphatic carbocycles. The molecule has 1 amide bonds. The number of rotatable bonds is 7. The molecule has 0 rings (SSSR count). The van der Waals surface area contributed by atoms with Gasteiger partial charge in [-0.3, -0.25) is 4.79 Å². The van der Waals surface area contributed by atoms with Crippen molar-refractivity contribution in [2.45, 2.75) is 26.4 Å². The molecule has 4 N–H and O–H groups in total. The summed E-state index contributed by atoms with van der Waals surface area (Å²) in [6, 6.07) is 0. The normalized spacial score (nSPS) is 17.0. The van der Waals surface area contributed by atoms with E-state index < -0.39 is 5.60 Å². The van der Waals surface area contributed by atoms with Crippen LogP contribution in [0.4, 0.5) is 0 Å². The molecule has 0 aliphatic heterocycles. The first-order valence-electron chi connectivity index (χ1n) is 6.04. The van der Waals surface area contributed by atoms with Crippen molar-refractivity contribution in [3.05, 3.63) is 0 Å². The van der Waals surface area contributed by atoms with E-state index in [9.17, 15) is 9.90 Å². The van der Waals surface area contributed by atoms with Gasteiger partial charge in [0.2, 0.25) is 5.91 Å². The molecular formula is C12H27N3O2. The van der Waals surface area contributed by atoms with E-state index >= 15 is 0 Å². The first-order valence-corrected chi connectivity index (χ1v) is 6.04. The van der Waals surface area contributed by atoms with Crippen molar-refractivity contribution in [2.24, 2.45) is 17.6 Å². The Morgan fingerprint density at radius 2 is 2.00 bits per heavy atom. The molecule has 0 aromatic heterocycles. The lowest BCUT2D eigenvalue weighted by molar-refractivity contribution is -0.127. The van der Waals surface area contributed by atoms with Gasteiger partial charge in [0.05, 0.1) is 11.5 Å². The summed E-state index contributed by atoms with van der Waals surface area (Å²) in [4.78, 5) is 13.7. The molecule has 0 fully saturated rings. The van der Waals surface area contributed by atoms with Crippen LogP contribution in [-0.4, -0.2) is 55.2 Å². The molecular weight excluding hydrogens is 218 g/mol. The molecule has 2 unspecified atom stereocenters. The minimum absolute atomic E-state index is 0.0819. The Hall–Kier alpha value is -0.650. The summed E-state index contributed by atoms with van der Waals surface area (Å²) in [6.07, 6.45) is 0. The van der Waals surface area contributed by atoms with Crippen molar-refractivity contribution in [1.29, 1.82) is 0 Å². The maximum absolute atomic E-state index is 11.8. The van der Waals surface area contributed by atoms with Crippen LogP contribution >= 0.6 is 0 Å². The first kappa shape index (κ1) is 16.4. The van der Waals surface area contributed by atoms with Crippen LogP contribution in [-0.2, 0) is 4.79 Å². The van der Waals surface area contributed by atoms with Crippen molar-refractivity contribution in [1.82, 2.24) is 10.2 Å². The molecule has 0 saturated heterocycles. The molecule has 0 heterocycles. The van der Waals surface area contributed by atoms with Gasteiger partial charge in [-0.1, -0.05) is 13.8 Å². The summed E-state index contributed by atoms with van der Waals surface area (Å²) < 4.78 is 0. The lowest BCUT2D eigenvalue weighted by Gasteiger charge is -2.28. The molecule has 0 radical (unpaired) electrons. The highest BCUT2D eigenvalue weighted by Crippen LogP contribution is 2.10. The third-order valence-corrected chi connectivity index (χ3v) is 2.70. The number of nitrogens with two attached hydrogens (primary N) is 1. The van der Waals surface area contributed by atoms with Crippen molar-refractivity contribution in [2.75, 3.05) is 33.7 Å². The van der Waals surface area contributed by atoms with Gasteiger partial charge < -0.3 is 21.1 Å². The molecule has 0 saturated carbocycles. The molecule has 0 spiro atoms. The number of carbonyl (C=O) groups excluding carboxylic acids is 1.